The van der Waals surface area contributed by atoms with Gasteiger partial charge in [0.1, 0.15) is 23.3 Å². The van der Waals surface area contributed by atoms with Gasteiger partial charge in [-0.3, -0.25) is 4.79 Å². The molecule has 162 valence electrons. The molecule has 1 fully saturated rings. The van der Waals surface area contributed by atoms with Crippen molar-refractivity contribution >= 4 is 44.4 Å². The Balaban J connectivity index is 1.65. The van der Waals surface area contributed by atoms with E-state index >= 15 is 0 Å². The lowest BCUT2D eigenvalue weighted by Crippen LogP contribution is -2.35. The minimum absolute atomic E-state index is 0.0255. The summed E-state index contributed by atoms with van der Waals surface area (Å²) in [5.41, 5.74) is 1.27. The monoisotopic (exact) mass is 486 g/mol. The van der Waals surface area contributed by atoms with Gasteiger partial charge in [0, 0.05) is 41.5 Å². The quantitative estimate of drug-likeness (QED) is 0.564. The van der Waals surface area contributed by atoms with E-state index < -0.39 is 0 Å². The zero-order valence-corrected chi connectivity index (χ0v) is 19.2. The summed E-state index contributed by atoms with van der Waals surface area (Å²) in [6.07, 6.45) is 2.61. The maximum atomic E-state index is 14.4. The second kappa shape index (κ2) is 8.74. The Bertz CT molecular complexity index is 1140. The SMILES string of the molecule is CC(=O)N[C@@H]1CCN(c2cc3c(N[C@H](C)c4cc(Br)ccc4F)nc(C)nc3cn2)C1. The van der Waals surface area contributed by atoms with Gasteiger partial charge in [-0.2, -0.15) is 0 Å². The smallest absolute Gasteiger partial charge is 0.217 e. The minimum atomic E-state index is -0.303. The normalized spacial score (nSPS) is 17.1. The number of pyridine rings is 1. The highest BCUT2D eigenvalue weighted by atomic mass is 79.9. The molecule has 1 saturated heterocycles. The molecular weight excluding hydrogens is 463 g/mol. The molecule has 0 spiro atoms. The van der Waals surface area contributed by atoms with E-state index in [9.17, 15) is 9.18 Å². The van der Waals surface area contributed by atoms with Crippen LogP contribution in [0, 0.1) is 12.7 Å². The lowest BCUT2D eigenvalue weighted by molar-refractivity contribution is -0.119. The molecule has 4 rings (SSSR count). The largest absolute Gasteiger partial charge is 0.363 e. The summed E-state index contributed by atoms with van der Waals surface area (Å²) < 4.78 is 15.2. The number of carbonyl (C=O) groups excluding carboxylic acids is 1. The first-order chi connectivity index (χ1) is 14.8. The first-order valence-electron chi connectivity index (χ1n) is 10.2. The van der Waals surface area contributed by atoms with Gasteiger partial charge in [-0.05, 0) is 44.5 Å². The Kier molecular flexibility index (Phi) is 6.04. The molecule has 1 aliphatic heterocycles. The minimum Gasteiger partial charge on any atom is -0.363 e. The van der Waals surface area contributed by atoms with Crippen molar-refractivity contribution < 1.29 is 9.18 Å². The van der Waals surface area contributed by atoms with Gasteiger partial charge in [0.2, 0.25) is 5.91 Å². The molecule has 7 nitrogen and oxygen atoms in total. The highest BCUT2D eigenvalue weighted by Gasteiger charge is 2.24. The number of carbonyl (C=O) groups is 1. The molecule has 0 unspecified atom stereocenters. The van der Waals surface area contributed by atoms with E-state index in [1.54, 1.807) is 18.3 Å². The summed E-state index contributed by atoms with van der Waals surface area (Å²) in [6.45, 7) is 6.76. The van der Waals surface area contributed by atoms with Gasteiger partial charge in [0.15, 0.2) is 0 Å². The van der Waals surface area contributed by atoms with E-state index in [1.807, 2.05) is 19.9 Å². The van der Waals surface area contributed by atoms with Crippen LogP contribution in [0.1, 0.15) is 37.7 Å². The van der Waals surface area contributed by atoms with E-state index in [1.165, 1.54) is 13.0 Å². The van der Waals surface area contributed by atoms with E-state index in [0.717, 1.165) is 34.2 Å². The third kappa shape index (κ3) is 4.76. The Hall–Kier alpha value is -2.81. The third-order valence-corrected chi connectivity index (χ3v) is 5.87. The Labute approximate surface area is 188 Å². The molecule has 2 N–H and O–H groups in total. The van der Waals surface area contributed by atoms with Crippen molar-refractivity contribution in [3.05, 3.63) is 52.1 Å². The van der Waals surface area contributed by atoms with Crippen LogP contribution < -0.4 is 15.5 Å². The van der Waals surface area contributed by atoms with Gasteiger partial charge in [-0.25, -0.2) is 19.3 Å². The maximum absolute atomic E-state index is 14.4. The van der Waals surface area contributed by atoms with Crippen LogP contribution in [0.3, 0.4) is 0 Å². The standard InChI is InChI=1S/C22H24BrFN6O/c1-12(17-8-15(23)4-5-19(17)24)26-22-18-9-21(25-10-20(18)27-13(2)28-22)30-7-6-16(11-30)29-14(3)31/h4-5,8-10,12,16H,6-7,11H2,1-3H3,(H,29,31)(H,26,27,28)/t12-,16-/m1/s1. The number of amides is 1. The predicted molar refractivity (Wildman–Crippen MR) is 123 cm³/mol. The lowest BCUT2D eigenvalue weighted by Gasteiger charge is -2.20. The highest BCUT2D eigenvalue weighted by Crippen LogP contribution is 2.30. The number of nitrogens with one attached hydrogen (secondary N) is 2. The number of anilines is 2. The van der Waals surface area contributed by atoms with Gasteiger partial charge >= 0.3 is 0 Å². The van der Waals surface area contributed by atoms with Gasteiger partial charge in [-0.1, -0.05) is 15.9 Å². The van der Waals surface area contributed by atoms with Crippen molar-refractivity contribution in [3.8, 4) is 0 Å². The van der Waals surface area contributed by atoms with Crippen LogP contribution in [-0.2, 0) is 4.79 Å². The number of fused-ring (bicyclic) bond motifs is 1. The molecule has 0 saturated carbocycles. The average molecular weight is 487 g/mol. The molecule has 3 aromatic rings. The van der Waals surface area contributed by atoms with E-state index in [-0.39, 0.29) is 23.8 Å². The summed E-state index contributed by atoms with van der Waals surface area (Å²) in [5.74, 6) is 1.75. The van der Waals surface area contributed by atoms with Gasteiger partial charge in [0.25, 0.3) is 0 Å². The average Bonchev–Trinajstić information content (AvgIpc) is 3.17. The van der Waals surface area contributed by atoms with Crippen molar-refractivity contribution in [1.29, 1.82) is 0 Å². The molecular formula is C22H24BrFN6O. The van der Waals surface area contributed by atoms with Crippen LogP contribution in [-0.4, -0.2) is 40.0 Å². The van der Waals surface area contributed by atoms with Gasteiger partial charge in [0.05, 0.1) is 17.8 Å². The van der Waals surface area contributed by atoms with Crippen molar-refractivity contribution in [1.82, 2.24) is 20.3 Å². The summed E-state index contributed by atoms with van der Waals surface area (Å²) in [6, 6.07) is 6.66. The molecule has 31 heavy (non-hydrogen) atoms. The molecule has 1 amide bonds. The second-order valence-electron chi connectivity index (χ2n) is 7.84. The number of nitrogens with zero attached hydrogens (tertiary/aromatic N) is 4. The van der Waals surface area contributed by atoms with Crippen molar-refractivity contribution in [2.24, 2.45) is 0 Å². The van der Waals surface area contributed by atoms with Crippen LogP contribution in [0.4, 0.5) is 16.0 Å². The Morgan fingerprint density at radius 1 is 1.32 bits per heavy atom. The maximum Gasteiger partial charge on any atom is 0.217 e. The van der Waals surface area contributed by atoms with E-state index in [0.29, 0.717) is 23.8 Å². The number of rotatable bonds is 5. The third-order valence-electron chi connectivity index (χ3n) is 5.38. The second-order valence-corrected chi connectivity index (χ2v) is 8.76. The molecule has 0 bridgehead atoms. The molecule has 3 heterocycles. The van der Waals surface area contributed by atoms with Gasteiger partial charge in [-0.15, -0.1) is 0 Å². The van der Waals surface area contributed by atoms with Crippen LogP contribution in [0.5, 0.6) is 0 Å². The number of halogens is 2. The Morgan fingerprint density at radius 3 is 2.90 bits per heavy atom. The lowest BCUT2D eigenvalue weighted by atomic mass is 10.1. The summed E-state index contributed by atoms with van der Waals surface area (Å²) in [5, 5.41) is 7.13. The van der Waals surface area contributed by atoms with Crippen molar-refractivity contribution in [2.45, 2.75) is 39.3 Å². The van der Waals surface area contributed by atoms with Crippen LogP contribution in [0.15, 0.2) is 34.9 Å². The fourth-order valence-corrected chi connectivity index (χ4v) is 4.30. The molecule has 1 aliphatic rings. The van der Waals surface area contributed by atoms with Crippen molar-refractivity contribution in [2.75, 3.05) is 23.3 Å². The number of benzene rings is 1. The summed E-state index contributed by atoms with van der Waals surface area (Å²) >= 11 is 3.41. The van der Waals surface area contributed by atoms with Crippen LogP contribution >= 0.6 is 15.9 Å². The van der Waals surface area contributed by atoms with Crippen LogP contribution in [0.2, 0.25) is 0 Å². The molecule has 2 atom stereocenters. The molecule has 2 aromatic heterocycles. The highest BCUT2D eigenvalue weighted by molar-refractivity contribution is 9.10. The molecule has 9 heteroatoms. The summed E-state index contributed by atoms with van der Waals surface area (Å²) in [4.78, 5) is 27.2. The number of aryl methyl sites for hydroxylation is 1. The van der Waals surface area contributed by atoms with E-state index in [2.05, 4.69) is 46.4 Å². The fraction of sp³-hybridized carbons (Fsp3) is 0.364. The molecule has 1 aromatic carbocycles. The number of hydrogen-bond acceptors (Lipinski definition) is 6. The number of hydrogen-bond donors (Lipinski definition) is 2. The zero-order valence-electron chi connectivity index (χ0n) is 17.6. The molecule has 0 radical (unpaired) electrons. The number of aromatic nitrogens is 3. The fourth-order valence-electron chi connectivity index (χ4n) is 3.92. The molecule has 0 aliphatic carbocycles. The first kappa shape index (κ1) is 21.4. The van der Waals surface area contributed by atoms with Crippen LogP contribution in [0.25, 0.3) is 10.9 Å². The van der Waals surface area contributed by atoms with Crippen molar-refractivity contribution in [3.63, 3.8) is 0 Å². The van der Waals surface area contributed by atoms with Gasteiger partial charge < -0.3 is 15.5 Å². The zero-order chi connectivity index (χ0) is 22.1. The Morgan fingerprint density at radius 2 is 2.13 bits per heavy atom. The van der Waals surface area contributed by atoms with E-state index in [4.69, 9.17) is 0 Å². The first-order valence-corrected chi connectivity index (χ1v) is 11.0. The predicted octanol–water partition coefficient (Wildman–Crippen LogP) is 4.12. The summed E-state index contributed by atoms with van der Waals surface area (Å²) in [7, 11) is 0. The topological polar surface area (TPSA) is 83.0 Å².